The van der Waals surface area contributed by atoms with E-state index in [2.05, 4.69) is 30.2 Å². The minimum Gasteiger partial charge on any atom is -0.396 e. The van der Waals surface area contributed by atoms with E-state index in [9.17, 15) is 5.11 Å². The topological polar surface area (TPSA) is 45.1 Å². The van der Waals surface area contributed by atoms with Crippen LogP contribution in [0.1, 0.15) is 44.6 Å². The summed E-state index contributed by atoms with van der Waals surface area (Å²) in [6.07, 6.45) is 7.82. The van der Waals surface area contributed by atoms with E-state index in [0.717, 1.165) is 23.9 Å². The first-order valence-electron chi connectivity index (χ1n) is 7.88. The summed E-state index contributed by atoms with van der Waals surface area (Å²) in [5.74, 6) is 1.92. The predicted molar refractivity (Wildman–Crippen MR) is 80.5 cm³/mol. The summed E-state index contributed by atoms with van der Waals surface area (Å²) >= 11 is 0. The molecule has 1 heterocycles. The van der Waals surface area contributed by atoms with Gasteiger partial charge >= 0.3 is 0 Å². The van der Waals surface area contributed by atoms with Gasteiger partial charge in [-0.15, -0.1) is 0 Å². The Labute approximate surface area is 121 Å². The minimum atomic E-state index is 0.153. The van der Waals surface area contributed by atoms with E-state index in [0.29, 0.717) is 11.5 Å². The van der Waals surface area contributed by atoms with Gasteiger partial charge in [-0.05, 0) is 41.7 Å². The second-order valence-electron chi connectivity index (χ2n) is 7.07. The maximum atomic E-state index is 9.63. The Morgan fingerprint density at radius 3 is 3.00 bits per heavy atom. The van der Waals surface area contributed by atoms with Gasteiger partial charge in [0.15, 0.2) is 0 Å². The van der Waals surface area contributed by atoms with Crippen LogP contribution in [0.4, 0.5) is 0 Å². The molecule has 2 aliphatic carbocycles. The second-order valence-corrected chi connectivity index (χ2v) is 7.07. The molecule has 3 rings (SSSR count). The van der Waals surface area contributed by atoms with E-state index in [1.165, 1.54) is 19.3 Å². The van der Waals surface area contributed by atoms with Crippen molar-refractivity contribution in [3.63, 3.8) is 0 Å². The molecule has 1 aromatic rings. The number of hydrogen-bond donors (Lipinski definition) is 2. The van der Waals surface area contributed by atoms with Crippen LogP contribution in [0.2, 0.25) is 0 Å². The SMILES string of the molecule is CC1(C)C(NCC(CO)c2cccnc2)[C@@H]2CCC[C@@H]21. The van der Waals surface area contributed by atoms with Gasteiger partial charge in [-0.3, -0.25) is 4.98 Å². The Kier molecular flexibility index (Phi) is 3.83. The predicted octanol–water partition coefficient (Wildman–Crippen LogP) is 2.57. The summed E-state index contributed by atoms with van der Waals surface area (Å²) in [4.78, 5) is 4.16. The average molecular weight is 274 g/mol. The van der Waals surface area contributed by atoms with Crippen LogP contribution in [-0.4, -0.2) is 29.3 Å². The highest BCUT2D eigenvalue weighted by Gasteiger charge is 2.57. The summed E-state index contributed by atoms with van der Waals surface area (Å²) in [5, 5.41) is 13.4. The van der Waals surface area contributed by atoms with E-state index in [-0.39, 0.29) is 12.5 Å². The number of rotatable bonds is 5. The van der Waals surface area contributed by atoms with Gasteiger partial charge < -0.3 is 10.4 Å². The molecule has 2 N–H and O–H groups in total. The maximum Gasteiger partial charge on any atom is 0.0512 e. The van der Waals surface area contributed by atoms with Crippen LogP contribution >= 0.6 is 0 Å². The van der Waals surface area contributed by atoms with Gasteiger partial charge in [0.1, 0.15) is 0 Å². The molecule has 0 spiro atoms. The van der Waals surface area contributed by atoms with Gasteiger partial charge in [0.25, 0.3) is 0 Å². The summed E-state index contributed by atoms with van der Waals surface area (Å²) in [6, 6.07) is 4.61. The standard InChI is InChI=1S/C17H26N2O/c1-17(2)15-7-3-6-14(15)16(17)19-10-13(11-20)12-5-4-8-18-9-12/h4-5,8-9,13-16,19-20H,3,6-7,10-11H2,1-2H3/t13?,14-,15+,16?/m1/s1. The third kappa shape index (κ3) is 2.27. The molecule has 0 bridgehead atoms. The van der Waals surface area contributed by atoms with Gasteiger partial charge in [0.05, 0.1) is 6.61 Å². The van der Waals surface area contributed by atoms with Crippen molar-refractivity contribution >= 4 is 0 Å². The number of aliphatic hydroxyl groups excluding tert-OH is 1. The molecular weight excluding hydrogens is 248 g/mol. The van der Waals surface area contributed by atoms with Crippen molar-refractivity contribution in [1.29, 1.82) is 0 Å². The Bertz CT molecular complexity index is 446. The lowest BCUT2D eigenvalue weighted by molar-refractivity contribution is -0.0415. The van der Waals surface area contributed by atoms with Gasteiger partial charge in [-0.2, -0.15) is 0 Å². The van der Waals surface area contributed by atoms with Crippen LogP contribution in [0.5, 0.6) is 0 Å². The third-order valence-corrected chi connectivity index (χ3v) is 5.72. The summed E-state index contributed by atoms with van der Waals surface area (Å²) in [7, 11) is 0. The molecule has 2 aliphatic rings. The second kappa shape index (κ2) is 5.45. The lowest BCUT2D eigenvalue weighted by Gasteiger charge is -2.57. The minimum absolute atomic E-state index is 0.153. The third-order valence-electron chi connectivity index (χ3n) is 5.72. The molecule has 2 unspecified atom stereocenters. The number of nitrogens with one attached hydrogen (secondary N) is 1. The summed E-state index contributed by atoms with van der Waals surface area (Å²) in [5.41, 5.74) is 1.54. The molecule has 3 nitrogen and oxygen atoms in total. The van der Waals surface area contributed by atoms with Crippen molar-refractivity contribution in [1.82, 2.24) is 10.3 Å². The first-order valence-corrected chi connectivity index (χ1v) is 7.88. The lowest BCUT2D eigenvalue weighted by atomic mass is 9.53. The van der Waals surface area contributed by atoms with Gasteiger partial charge in [-0.1, -0.05) is 26.3 Å². The average Bonchev–Trinajstić information content (AvgIpc) is 2.91. The van der Waals surface area contributed by atoms with Crippen LogP contribution < -0.4 is 5.32 Å². The van der Waals surface area contributed by atoms with Crippen LogP contribution in [0.15, 0.2) is 24.5 Å². The normalized spacial score (nSPS) is 32.5. The van der Waals surface area contributed by atoms with Crippen molar-refractivity contribution in [3.8, 4) is 0 Å². The zero-order valence-electron chi connectivity index (χ0n) is 12.5. The number of hydrogen-bond acceptors (Lipinski definition) is 3. The van der Waals surface area contributed by atoms with Crippen LogP contribution in [0.3, 0.4) is 0 Å². The van der Waals surface area contributed by atoms with Crippen molar-refractivity contribution in [2.45, 2.75) is 45.1 Å². The number of pyridine rings is 1. The Morgan fingerprint density at radius 2 is 2.30 bits per heavy atom. The van der Waals surface area contributed by atoms with E-state index in [1.807, 2.05) is 12.3 Å². The lowest BCUT2D eigenvalue weighted by Crippen LogP contribution is -2.62. The quantitative estimate of drug-likeness (QED) is 0.867. The fraction of sp³-hybridized carbons (Fsp3) is 0.706. The highest BCUT2D eigenvalue weighted by atomic mass is 16.3. The molecular formula is C17H26N2O. The van der Waals surface area contributed by atoms with Crippen molar-refractivity contribution in [2.75, 3.05) is 13.2 Å². The van der Waals surface area contributed by atoms with E-state index >= 15 is 0 Å². The molecule has 4 atom stereocenters. The molecule has 0 amide bonds. The Hall–Kier alpha value is -0.930. The summed E-state index contributed by atoms with van der Waals surface area (Å²) in [6.45, 7) is 5.82. The van der Waals surface area contributed by atoms with Crippen LogP contribution in [0.25, 0.3) is 0 Å². The molecule has 0 saturated heterocycles. The molecule has 3 heteroatoms. The zero-order valence-corrected chi connectivity index (χ0v) is 12.5. The number of aliphatic hydroxyl groups is 1. The molecule has 2 fully saturated rings. The molecule has 110 valence electrons. The van der Waals surface area contributed by atoms with Crippen LogP contribution in [0, 0.1) is 17.3 Å². The van der Waals surface area contributed by atoms with Crippen molar-refractivity contribution in [3.05, 3.63) is 30.1 Å². The number of aromatic nitrogens is 1. The number of nitrogens with zero attached hydrogens (tertiary/aromatic N) is 1. The van der Waals surface area contributed by atoms with Crippen molar-refractivity contribution < 1.29 is 5.11 Å². The monoisotopic (exact) mass is 274 g/mol. The molecule has 1 aromatic heterocycles. The highest BCUT2D eigenvalue weighted by molar-refractivity contribution is 5.16. The highest BCUT2D eigenvalue weighted by Crippen LogP contribution is 2.58. The van der Waals surface area contributed by atoms with E-state index in [1.54, 1.807) is 6.20 Å². The fourth-order valence-electron chi connectivity index (χ4n) is 4.56. The van der Waals surface area contributed by atoms with E-state index < -0.39 is 0 Å². The fourth-order valence-corrected chi connectivity index (χ4v) is 4.56. The first kappa shape index (κ1) is 14.0. The Balaban J connectivity index is 1.61. The number of fused-ring (bicyclic) bond motifs is 1. The zero-order chi connectivity index (χ0) is 14.2. The molecule has 2 saturated carbocycles. The summed E-state index contributed by atoms with van der Waals surface area (Å²) < 4.78 is 0. The molecule has 0 aliphatic heterocycles. The van der Waals surface area contributed by atoms with Gasteiger partial charge in [-0.25, -0.2) is 0 Å². The molecule has 0 radical (unpaired) electrons. The van der Waals surface area contributed by atoms with Crippen molar-refractivity contribution in [2.24, 2.45) is 17.3 Å². The maximum absolute atomic E-state index is 9.63. The first-order chi connectivity index (χ1) is 9.64. The van der Waals surface area contributed by atoms with Crippen LogP contribution in [-0.2, 0) is 0 Å². The molecule has 0 aromatic carbocycles. The van der Waals surface area contributed by atoms with E-state index in [4.69, 9.17) is 0 Å². The van der Waals surface area contributed by atoms with Gasteiger partial charge in [0, 0.05) is 30.9 Å². The molecule has 20 heavy (non-hydrogen) atoms. The smallest absolute Gasteiger partial charge is 0.0512 e. The largest absolute Gasteiger partial charge is 0.396 e. The van der Waals surface area contributed by atoms with Gasteiger partial charge in [0.2, 0.25) is 0 Å². The Morgan fingerprint density at radius 1 is 1.45 bits per heavy atom.